The summed E-state index contributed by atoms with van der Waals surface area (Å²) in [5.74, 6) is 1.27. The van der Waals surface area contributed by atoms with Crippen LogP contribution in [0.25, 0.3) is 0 Å². The number of nitrogens with one attached hydrogen (secondary N) is 1. The van der Waals surface area contributed by atoms with Crippen LogP contribution in [0.15, 0.2) is 41.5 Å². The van der Waals surface area contributed by atoms with Gasteiger partial charge in [-0.25, -0.2) is 0 Å². The molecule has 0 aliphatic carbocycles. The number of hydrazone groups is 1. The zero-order valence-electron chi connectivity index (χ0n) is 17.6. The Morgan fingerprint density at radius 1 is 1.28 bits per heavy atom. The number of ether oxygens (including phenoxy) is 2. The molecule has 1 aromatic heterocycles. The molecule has 2 aromatic rings. The number of rotatable bonds is 9. The summed E-state index contributed by atoms with van der Waals surface area (Å²) in [6.45, 7) is 9.81. The van der Waals surface area contributed by atoms with Gasteiger partial charge in [0.2, 0.25) is 5.88 Å². The minimum atomic E-state index is 0.593. The molecule has 0 atom stereocenters. The quantitative estimate of drug-likeness (QED) is 0.518. The highest BCUT2D eigenvalue weighted by Crippen LogP contribution is 2.24. The number of likely N-dealkylation sites (N-methyl/N-ethyl adjacent to an activating group) is 1. The summed E-state index contributed by atoms with van der Waals surface area (Å²) >= 11 is 0. The van der Waals surface area contributed by atoms with E-state index in [4.69, 9.17) is 9.47 Å². The van der Waals surface area contributed by atoms with Gasteiger partial charge in [-0.3, -0.25) is 5.43 Å². The van der Waals surface area contributed by atoms with Crippen molar-refractivity contribution < 1.29 is 9.47 Å². The maximum Gasteiger partial charge on any atom is 0.217 e. The average Bonchev–Trinajstić information content (AvgIpc) is 2.74. The van der Waals surface area contributed by atoms with Gasteiger partial charge in [0.1, 0.15) is 6.61 Å². The van der Waals surface area contributed by atoms with E-state index >= 15 is 0 Å². The Morgan fingerprint density at radius 3 is 2.86 bits per heavy atom. The van der Waals surface area contributed by atoms with Crippen LogP contribution < -0.4 is 15.1 Å². The summed E-state index contributed by atoms with van der Waals surface area (Å²) in [4.78, 5) is 9.07. The van der Waals surface area contributed by atoms with E-state index in [2.05, 4.69) is 58.3 Å². The molecule has 0 amide bonds. The fraction of sp³-hybridized carbons (Fsp3) is 0.455. The minimum Gasteiger partial charge on any atom is -0.476 e. The Morgan fingerprint density at radius 2 is 2.10 bits per heavy atom. The molecule has 2 heterocycles. The standard InChI is InChI=1S/C22H31N5O2/c1-4-26(3)8-13-29-22-16-20(27-9-11-28-12-10-27)15-21(24-22)25-23-17-19-7-5-6-18(2)14-19/h5-7,14-17H,4,8-13H2,1-3H3,(H,24,25). The van der Waals surface area contributed by atoms with E-state index in [0.717, 1.165) is 50.6 Å². The van der Waals surface area contributed by atoms with Crippen molar-refractivity contribution in [1.29, 1.82) is 0 Å². The van der Waals surface area contributed by atoms with Crippen LogP contribution in [0.3, 0.4) is 0 Å². The van der Waals surface area contributed by atoms with Crippen molar-refractivity contribution >= 4 is 17.7 Å². The number of morpholine rings is 1. The van der Waals surface area contributed by atoms with Gasteiger partial charge in [0, 0.05) is 37.5 Å². The molecular formula is C22H31N5O2. The van der Waals surface area contributed by atoms with E-state index in [-0.39, 0.29) is 0 Å². The van der Waals surface area contributed by atoms with Gasteiger partial charge in [-0.05, 0) is 26.1 Å². The van der Waals surface area contributed by atoms with Gasteiger partial charge in [-0.15, -0.1) is 0 Å². The summed E-state index contributed by atoms with van der Waals surface area (Å²) in [5, 5.41) is 4.36. The van der Waals surface area contributed by atoms with Gasteiger partial charge in [0.15, 0.2) is 5.82 Å². The first-order valence-electron chi connectivity index (χ1n) is 10.2. The molecule has 0 saturated carbocycles. The minimum absolute atomic E-state index is 0.593. The van der Waals surface area contributed by atoms with Crippen LogP contribution >= 0.6 is 0 Å². The number of pyridine rings is 1. The van der Waals surface area contributed by atoms with Crippen molar-refractivity contribution in [3.8, 4) is 5.88 Å². The number of hydrogen-bond donors (Lipinski definition) is 1. The van der Waals surface area contributed by atoms with Crippen LogP contribution in [0.1, 0.15) is 18.1 Å². The van der Waals surface area contributed by atoms with Gasteiger partial charge in [0.05, 0.1) is 19.4 Å². The number of nitrogens with zero attached hydrogens (tertiary/aromatic N) is 4. The molecule has 0 bridgehead atoms. The van der Waals surface area contributed by atoms with Crippen LogP contribution in [0.5, 0.6) is 5.88 Å². The third-order valence-electron chi connectivity index (χ3n) is 4.86. The zero-order valence-corrected chi connectivity index (χ0v) is 17.6. The molecule has 1 saturated heterocycles. The van der Waals surface area contributed by atoms with Crippen molar-refractivity contribution in [1.82, 2.24) is 9.88 Å². The van der Waals surface area contributed by atoms with E-state index < -0.39 is 0 Å². The number of hydrogen-bond acceptors (Lipinski definition) is 7. The second-order valence-corrected chi connectivity index (χ2v) is 7.18. The molecule has 29 heavy (non-hydrogen) atoms. The predicted octanol–water partition coefficient (Wildman–Crippen LogP) is 3.00. The molecule has 0 radical (unpaired) electrons. The van der Waals surface area contributed by atoms with E-state index in [1.54, 1.807) is 6.21 Å². The van der Waals surface area contributed by atoms with Crippen molar-refractivity contribution in [2.24, 2.45) is 5.10 Å². The highest BCUT2D eigenvalue weighted by atomic mass is 16.5. The smallest absolute Gasteiger partial charge is 0.217 e. The second kappa shape index (κ2) is 10.8. The molecule has 0 spiro atoms. The third kappa shape index (κ3) is 6.73. The molecule has 1 aliphatic heterocycles. The summed E-state index contributed by atoms with van der Waals surface area (Å²) < 4.78 is 11.4. The summed E-state index contributed by atoms with van der Waals surface area (Å²) in [6, 6.07) is 12.2. The van der Waals surface area contributed by atoms with Gasteiger partial charge in [-0.1, -0.05) is 36.8 Å². The lowest BCUT2D eigenvalue weighted by Gasteiger charge is -2.29. The second-order valence-electron chi connectivity index (χ2n) is 7.18. The Bertz CT molecular complexity index is 806. The predicted molar refractivity (Wildman–Crippen MR) is 118 cm³/mol. The first-order chi connectivity index (χ1) is 14.1. The monoisotopic (exact) mass is 397 g/mol. The molecule has 7 heteroatoms. The maximum atomic E-state index is 5.93. The van der Waals surface area contributed by atoms with Crippen molar-refractivity contribution in [2.75, 3.05) is 63.4 Å². The molecule has 1 fully saturated rings. The fourth-order valence-corrected chi connectivity index (χ4v) is 3.01. The molecule has 1 aliphatic rings. The Hall–Kier alpha value is -2.64. The van der Waals surface area contributed by atoms with Crippen LogP contribution in [-0.4, -0.2) is 69.1 Å². The number of anilines is 2. The molecule has 3 rings (SSSR count). The summed E-state index contributed by atoms with van der Waals surface area (Å²) in [7, 11) is 2.08. The maximum absolute atomic E-state index is 5.93. The fourth-order valence-electron chi connectivity index (χ4n) is 3.01. The van der Waals surface area contributed by atoms with E-state index in [1.807, 2.05) is 24.3 Å². The highest BCUT2D eigenvalue weighted by molar-refractivity contribution is 5.80. The number of benzene rings is 1. The van der Waals surface area contributed by atoms with Crippen LogP contribution in [0, 0.1) is 6.92 Å². The van der Waals surface area contributed by atoms with Crippen molar-refractivity contribution in [3.05, 3.63) is 47.5 Å². The van der Waals surface area contributed by atoms with Crippen molar-refractivity contribution in [2.45, 2.75) is 13.8 Å². The number of aryl methyl sites for hydroxylation is 1. The Labute approximate surface area is 173 Å². The lowest BCUT2D eigenvalue weighted by molar-refractivity contribution is 0.122. The van der Waals surface area contributed by atoms with Crippen molar-refractivity contribution in [3.63, 3.8) is 0 Å². The Balaban J connectivity index is 1.72. The summed E-state index contributed by atoms with van der Waals surface area (Å²) in [6.07, 6.45) is 1.80. The van der Waals surface area contributed by atoms with E-state index in [0.29, 0.717) is 18.3 Å². The summed E-state index contributed by atoms with van der Waals surface area (Å²) in [5.41, 5.74) is 6.36. The van der Waals surface area contributed by atoms with Gasteiger partial charge < -0.3 is 19.3 Å². The topological polar surface area (TPSA) is 62.2 Å². The Kier molecular flexibility index (Phi) is 7.84. The van der Waals surface area contributed by atoms with Crippen LogP contribution in [0.2, 0.25) is 0 Å². The van der Waals surface area contributed by atoms with Gasteiger partial charge in [0.25, 0.3) is 0 Å². The number of aromatic nitrogens is 1. The average molecular weight is 398 g/mol. The van der Waals surface area contributed by atoms with Crippen LogP contribution in [0.4, 0.5) is 11.5 Å². The molecule has 0 unspecified atom stereocenters. The molecular weight excluding hydrogens is 366 g/mol. The highest BCUT2D eigenvalue weighted by Gasteiger charge is 2.14. The molecule has 156 valence electrons. The van der Waals surface area contributed by atoms with Gasteiger partial charge >= 0.3 is 0 Å². The largest absolute Gasteiger partial charge is 0.476 e. The molecule has 1 aromatic carbocycles. The first-order valence-corrected chi connectivity index (χ1v) is 10.2. The third-order valence-corrected chi connectivity index (χ3v) is 4.86. The van der Waals surface area contributed by atoms with Gasteiger partial charge in [-0.2, -0.15) is 10.1 Å². The normalized spacial score (nSPS) is 14.6. The molecule has 7 nitrogen and oxygen atoms in total. The van der Waals surface area contributed by atoms with Crippen LogP contribution in [-0.2, 0) is 4.74 Å². The lowest BCUT2D eigenvalue weighted by atomic mass is 10.2. The van der Waals surface area contributed by atoms with E-state index in [1.165, 1.54) is 5.56 Å². The van der Waals surface area contributed by atoms with E-state index in [9.17, 15) is 0 Å². The molecule has 1 N–H and O–H groups in total. The SMILES string of the molecule is CCN(C)CCOc1cc(N2CCOCC2)cc(NN=Cc2cccc(C)c2)n1. The first kappa shape index (κ1) is 21.1. The lowest BCUT2D eigenvalue weighted by Crippen LogP contribution is -2.36. The zero-order chi connectivity index (χ0) is 20.5.